The van der Waals surface area contributed by atoms with E-state index in [1.165, 1.54) is 13.0 Å². The van der Waals surface area contributed by atoms with E-state index in [1.54, 1.807) is 35.2 Å². The lowest BCUT2D eigenvalue weighted by atomic mass is 10.0. The van der Waals surface area contributed by atoms with Gasteiger partial charge in [0.2, 0.25) is 5.91 Å². The molecule has 6 nitrogen and oxygen atoms in total. The second-order valence-electron chi connectivity index (χ2n) is 6.73. The minimum atomic E-state index is -3.80. The van der Waals surface area contributed by atoms with Crippen molar-refractivity contribution in [2.24, 2.45) is 0 Å². The Morgan fingerprint density at radius 3 is 2.59 bits per heavy atom. The number of sulfonamides is 1. The van der Waals surface area contributed by atoms with Gasteiger partial charge in [0.15, 0.2) is 0 Å². The van der Waals surface area contributed by atoms with Crippen molar-refractivity contribution in [3.05, 3.63) is 47.0 Å². The first-order chi connectivity index (χ1) is 12.7. The average molecular weight is 408 g/mol. The van der Waals surface area contributed by atoms with Gasteiger partial charge in [-0.05, 0) is 54.8 Å². The van der Waals surface area contributed by atoms with Gasteiger partial charge >= 0.3 is 0 Å². The molecule has 3 rings (SSSR count). The monoisotopic (exact) mass is 407 g/mol. The van der Waals surface area contributed by atoms with Gasteiger partial charge in [-0.1, -0.05) is 11.6 Å². The number of nitrogens with zero attached hydrogens (tertiary/aromatic N) is 2. The van der Waals surface area contributed by atoms with Gasteiger partial charge < -0.3 is 9.80 Å². The van der Waals surface area contributed by atoms with Crippen LogP contribution in [0.25, 0.3) is 0 Å². The standard InChI is InChI=1S/C19H22ClN3O3S/c1-13(24)23-10-4-5-14-11-16(7-9-18(14)23)27(25,26)21-17-12-15(20)6-8-19(17)22(2)3/h6-9,11-12,21H,4-5,10H2,1-3H3. The van der Waals surface area contributed by atoms with E-state index in [1.807, 2.05) is 19.0 Å². The van der Waals surface area contributed by atoms with Crippen LogP contribution in [0.3, 0.4) is 0 Å². The predicted molar refractivity (Wildman–Crippen MR) is 109 cm³/mol. The highest BCUT2D eigenvalue weighted by molar-refractivity contribution is 7.92. The number of carbonyl (C=O) groups is 1. The molecule has 1 amide bonds. The van der Waals surface area contributed by atoms with Crippen molar-refractivity contribution in [1.29, 1.82) is 0 Å². The fraction of sp³-hybridized carbons (Fsp3) is 0.316. The predicted octanol–water partition coefficient (Wildman–Crippen LogP) is 3.51. The van der Waals surface area contributed by atoms with Crippen LogP contribution in [0.2, 0.25) is 5.02 Å². The van der Waals surface area contributed by atoms with E-state index in [4.69, 9.17) is 11.6 Å². The molecule has 0 bridgehead atoms. The lowest BCUT2D eigenvalue weighted by Gasteiger charge is -2.29. The summed E-state index contributed by atoms with van der Waals surface area (Å²) < 4.78 is 28.5. The van der Waals surface area contributed by atoms with Gasteiger partial charge in [0.25, 0.3) is 10.0 Å². The third-order valence-electron chi connectivity index (χ3n) is 4.54. The molecule has 0 spiro atoms. The molecule has 1 heterocycles. The van der Waals surface area contributed by atoms with E-state index < -0.39 is 10.0 Å². The highest BCUT2D eigenvalue weighted by atomic mass is 35.5. The summed E-state index contributed by atoms with van der Waals surface area (Å²) in [6.45, 7) is 2.17. The molecule has 1 N–H and O–H groups in total. The molecule has 0 saturated heterocycles. The molecule has 0 aromatic heterocycles. The summed E-state index contributed by atoms with van der Waals surface area (Å²) in [4.78, 5) is 15.5. The van der Waals surface area contributed by atoms with E-state index >= 15 is 0 Å². The normalized spacial score (nSPS) is 13.9. The lowest BCUT2D eigenvalue weighted by molar-refractivity contribution is -0.116. The molecule has 144 valence electrons. The maximum absolute atomic E-state index is 12.9. The van der Waals surface area contributed by atoms with Crippen molar-refractivity contribution in [2.75, 3.05) is 35.2 Å². The summed E-state index contributed by atoms with van der Waals surface area (Å²) in [5.41, 5.74) is 2.77. The number of fused-ring (bicyclic) bond motifs is 1. The molecule has 27 heavy (non-hydrogen) atoms. The Hall–Kier alpha value is -2.25. The van der Waals surface area contributed by atoms with E-state index in [0.717, 1.165) is 24.1 Å². The minimum absolute atomic E-state index is 0.0424. The molecule has 2 aromatic rings. The number of benzene rings is 2. The maximum Gasteiger partial charge on any atom is 0.261 e. The van der Waals surface area contributed by atoms with Crippen LogP contribution in [-0.4, -0.2) is 35.0 Å². The molecule has 0 unspecified atom stereocenters. The highest BCUT2D eigenvalue weighted by Gasteiger charge is 2.23. The van der Waals surface area contributed by atoms with Crippen molar-refractivity contribution >= 4 is 44.6 Å². The number of halogens is 1. The number of hydrogen-bond donors (Lipinski definition) is 1. The van der Waals surface area contributed by atoms with Crippen molar-refractivity contribution in [3.8, 4) is 0 Å². The molecule has 8 heteroatoms. The zero-order valence-corrected chi connectivity index (χ0v) is 17.1. The number of nitrogens with one attached hydrogen (secondary N) is 1. The topological polar surface area (TPSA) is 69.7 Å². The average Bonchev–Trinajstić information content (AvgIpc) is 2.60. The van der Waals surface area contributed by atoms with Crippen LogP contribution in [0.5, 0.6) is 0 Å². The third-order valence-corrected chi connectivity index (χ3v) is 6.14. The molecule has 0 saturated carbocycles. The van der Waals surface area contributed by atoms with Crippen LogP contribution < -0.4 is 14.5 Å². The molecule has 0 aliphatic carbocycles. The van der Waals surface area contributed by atoms with Gasteiger partial charge in [-0.2, -0.15) is 0 Å². The SMILES string of the molecule is CC(=O)N1CCCc2cc(S(=O)(=O)Nc3cc(Cl)ccc3N(C)C)ccc21. The maximum atomic E-state index is 12.9. The Kier molecular flexibility index (Phi) is 5.35. The Labute approximate surface area is 164 Å². The number of carbonyl (C=O) groups excluding carboxylic acids is 1. The quantitative estimate of drug-likeness (QED) is 0.842. The molecular formula is C19H22ClN3O3S. The number of hydrogen-bond acceptors (Lipinski definition) is 4. The van der Waals surface area contributed by atoms with Gasteiger partial charge in [0.05, 0.1) is 16.3 Å². The molecular weight excluding hydrogens is 386 g/mol. The summed E-state index contributed by atoms with van der Waals surface area (Å²) in [5, 5.41) is 0.445. The molecule has 1 aliphatic rings. The number of aryl methyl sites for hydroxylation is 1. The zero-order valence-electron chi connectivity index (χ0n) is 15.5. The van der Waals surface area contributed by atoms with Crippen LogP contribution in [0.15, 0.2) is 41.3 Å². The zero-order chi connectivity index (χ0) is 19.8. The third kappa shape index (κ3) is 4.04. The van der Waals surface area contributed by atoms with Crippen molar-refractivity contribution in [1.82, 2.24) is 0 Å². The molecule has 0 fully saturated rings. The molecule has 1 aliphatic heterocycles. The summed E-state index contributed by atoms with van der Waals surface area (Å²) in [6.07, 6.45) is 1.55. The first-order valence-electron chi connectivity index (χ1n) is 8.60. The highest BCUT2D eigenvalue weighted by Crippen LogP contribution is 2.32. The summed E-state index contributed by atoms with van der Waals surface area (Å²) in [6, 6.07) is 9.94. The summed E-state index contributed by atoms with van der Waals surface area (Å²) >= 11 is 6.05. The van der Waals surface area contributed by atoms with Crippen LogP contribution in [-0.2, 0) is 21.2 Å². The largest absolute Gasteiger partial charge is 0.376 e. The minimum Gasteiger partial charge on any atom is -0.376 e. The molecule has 0 radical (unpaired) electrons. The second kappa shape index (κ2) is 7.40. The smallest absolute Gasteiger partial charge is 0.261 e. The van der Waals surface area contributed by atoms with Crippen molar-refractivity contribution < 1.29 is 13.2 Å². The van der Waals surface area contributed by atoms with Crippen LogP contribution in [0, 0.1) is 0 Å². The Balaban J connectivity index is 1.97. The summed E-state index contributed by atoms with van der Waals surface area (Å²) in [5.74, 6) is -0.0424. The van der Waals surface area contributed by atoms with Gasteiger partial charge in [-0.3, -0.25) is 9.52 Å². The molecule has 2 aromatic carbocycles. The van der Waals surface area contributed by atoms with E-state index in [0.29, 0.717) is 22.9 Å². The number of amides is 1. The van der Waals surface area contributed by atoms with Gasteiger partial charge in [0, 0.05) is 38.3 Å². The Bertz CT molecular complexity index is 990. The van der Waals surface area contributed by atoms with Crippen LogP contribution in [0.1, 0.15) is 18.9 Å². The van der Waals surface area contributed by atoms with Crippen molar-refractivity contribution in [3.63, 3.8) is 0 Å². The van der Waals surface area contributed by atoms with E-state index in [2.05, 4.69) is 4.72 Å². The Morgan fingerprint density at radius 2 is 1.93 bits per heavy atom. The first-order valence-corrected chi connectivity index (χ1v) is 10.5. The fourth-order valence-corrected chi connectivity index (χ4v) is 4.54. The Morgan fingerprint density at radius 1 is 1.19 bits per heavy atom. The van der Waals surface area contributed by atoms with Gasteiger partial charge in [-0.15, -0.1) is 0 Å². The number of anilines is 3. The first kappa shape index (κ1) is 19.5. The molecule has 0 atom stereocenters. The van der Waals surface area contributed by atoms with Crippen LogP contribution >= 0.6 is 11.6 Å². The second-order valence-corrected chi connectivity index (χ2v) is 8.84. The van der Waals surface area contributed by atoms with Crippen molar-refractivity contribution in [2.45, 2.75) is 24.7 Å². The van der Waals surface area contributed by atoms with Gasteiger partial charge in [0.1, 0.15) is 0 Å². The number of rotatable bonds is 4. The van der Waals surface area contributed by atoms with Gasteiger partial charge in [-0.25, -0.2) is 8.42 Å². The van der Waals surface area contributed by atoms with E-state index in [-0.39, 0.29) is 10.8 Å². The van der Waals surface area contributed by atoms with E-state index in [9.17, 15) is 13.2 Å². The van der Waals surface area contributed by atoms with Crippen LogP contribution in [0.4, 0.5) is 17.1 Å². The lowest BCUT2D eigenvalue weighted by Crippen LogP contribution is -2.33. The fourth-order valence-electron chi connectivity index (χ4n) is 3.25. The summed E-state index contributed by atoms with van der Waals surface area (Å²) in [7, 11) is -0.137.